The lowest BCUT2D eigenvalue weighted by atomic mass is 9.88. The van der Waals surface area contributed by atoms with Gasteiger partial charge in [0.05, 0.1) is 0 Å². The molecule has 2 heterocycles. The van der Waals surface area contributed by atoms with E-state index in [4.69, 9.17) is 4.42 Å². The van der Waals surface area contributed by atoms with Gasteiger partial charge >= 0.3 is 0 Å². The SMILES string of the molecule is O=C(CC(c1ccccc1)c1ccccc1)Nc1ccc2nc(-c3ccncc3)oc2c1. The number of carbonyl (C=O) groups is 1. The van der Waals surface area contributed by atoms with Crippen LogP contribution >= 0.6 is 0 Å². The molecule has 0 aliphatic rings. The molecule has 156 valence electrons. The predicted octanol–water partition coefficient (Wildman–Crippen LogP) is 6.05. The van der Waals surface area contributed by atoms with Gasteiger partial charge in [-0.2, -0.15) is 0 Å². The molecule has 1 amide bonds. The smallest absolute Gasteiger partial charge is 0.227 e. The lowest BCUT2D eigenvalue weighted by molar-refractivity contribution is -0.116. The molecule has 5 nitrogen and oxygen atoms in total. The zero-order valence-electron chi connectivity index (χ0n) is 17.3. The van der Waals surface area contributed by atoms with Crippen LogP contribution in [0, 0.1) is 0 Å². The van der Waals surface area contributed by atoms with Crippen LogP contribution in [0.15, 0.2) is 108 Å². The van der Waals surface area contributed by atoms with E-state index in [1.807, 2.05) is 66.7 Å². The summed E-state index contributed by atoms with van der Waals surface area (Å²) in [6.07, 6.45) is 3.74. The third-order valence-corrected chi connectivity index (χ3v) is 5.39. The number of carbonyl (C=O) groups excluding carboxylic acids is 1. The van der Waals surface area contributed by atoms with Gasteiger partial charge in [-0.15, -0.1) is 0 Å². The summed E-state index contributed by atoms with van der Waals surface area (Å²) < 4.78 is 5.91. The number of rotatable bonds is 6. The van der Waals surface area contributed by atoms with Crippen molar-refractivity contribution < 1.29 is 9.21 Å². The van der Waals surface area contributed by atoms with Gasteiger partial charge in [0.2, 0.25) is 11.8 Å². The van der Waals surface area contributed by atoms with Crippen molar-refractivity contribution in [3.63, 3.8) is 0 Å². The maximum Gasteiger partial charge on any atom is 0.227 e. The molecule has 0 aliphatic carbocycles. The maximum atomic E-state index is 13.0. The number of hydrogen-bond acceptors (Lipinski definition) is 4. The first-order valence-corrected chi connectivity index (χ1v) is 10.5. The zero-order valence-corrected chi connectivity index (χ0v) is 17.3. The number of nitrogens with zero attached hydrogens (tertiary/aromatic N) is 2. The number of fused-ring (bicyclic) bond motifs is 1. The van der Waals surface area contributed by atoms with Crippen LogP contribution in [0.25, 0.3) is 22.6 Å². The van der Waals surface area contributed by atoms with E-state index in [1.54, 1.807) is 12.4 Å². The molecule has 3 aromatic carbocycles. The minimum atomic E-state index is -0.0593. The normalized spacial score (nSPS) is 11.0. The highest BCUT2D eigenvalue weighted by atomic mass is 16.3. The summed E-state index contributed by atoms with van der Waals surface area (Å²) in [5.41, 5.74) is 5.12. The van der Waals surface area contributed by atoms with Crippen molar-refractivity contribution in [1.82, 2.24) is 9.97 Å². The number of nitrogens with one attached hydrogen (secondary N) is 1. The van der Waals surface area contributed by atoms with Gasteiger partial charge < -0.3 is 9.73 Å². The molecule has 1 N–H and O–H groups in total. The summed E-state index contributed by atoms with van der Waals surface area (Å²) in [6.45, 7) is 0. The number of benzene rings is 3. The molecule has 0 atom stereocenters. The second-order valence-electron chi connectivity index (χ2n) is 7.56. The van der Waals surface area contributed by atoms with Gasteiger partial charge in [-0.25, -0.2) is 4.98 Å². The Morgan fingerprint density at radius 3 is 2.16 bits per heavy atom. The molecule has 0 spiro atoms. The van der Waals surface area contributed by atoms with Gasteiger partial charge in [0.15, 0.2) is 5.58 Å². The topological polar surface area (TPSA) is 68.0 Å². The number of oxazole rings is 1. The first-order valence-electron chi connectivity index (χ1n) is 10.5. The Morgan fingerprint density at radius 2 is 1.50 bits per heavy atom. The summed E-state index contributed by atoms with van der Waals surface area (Å²) in [6, 6.07) is 29.4. The number of anilines is 1. The Balaban J connectivity index is 1.36. The van der Waals surface area contributed by atoms with E-state index in [2.05, 4.69) is 39.6 Å². The standard InChI is InChI=1S/C27H21N3O2/c31-26(18-23(19-7-3-1-4-8-19)20-9-5-2-6-10-20)29-22-11-12-24-25(17-22)32-27(30-24)21-13-15-28-16-14-21/h1-17,23H,18H2,(H,29,31). The van der Waals surface area contributed by atoms with Crippen molar-refractivity contribution in [3.05, 3.63) is 115 Å². The van der Waals surface area contributed by atoms with Crippen LogP contribution in [0.3, 0.4) is 0 Å². The average molecular weight is 419 g/mol. The second kappa shape index (κ2) is 8.86. The third-order valence-electron chi connectivity index (χ3n) is 5.39. The molecule has 5 heteroatoms. The molecular formula is C27H21N3O2. The Bertz CT molecular complexity index is 1290. The monoisotopic (exact) mass is 419 g/mol. The molecule has 2 aromatic heterocycles. The van der Waals surface area contributed by atoms with Crippen LogP contribution in [0.5, 0.6) is 0 Å². The first kappa shape index (κ1) is 19.7. The fourth-order valence-electron chi connectivity index (χ4n) is 3.82. The van der Waals surface area contributed by atoms with Gasteiger partial charge in [-0.05, 0) is 35.4 Å². The summed E-state index contributed by atoms with van der Waals surface area (Å²) >= 11 is 0. The van der Waals surface area contributed by atoms with E-state index in [9.17, 15) is 4.79 Å². The number of pyridine rings is 1. The molecule has 0 aliphatic heterocycles. The third kappa shape index (κ3) is 4.27. The van der Waals surface area contributed by atoms with Crippen LogP contribution in [-0.4, -0.2) is 15.9 Å². The van der Waals surface area contributed by atoms with E-state index in [0.717, 1.165) is 22.2 Å². The van der Waals surface area contributed by atoms with Crippen LogP contribution in [0.4, 0.5) is 5.69 Å². The zero-order chi connectivity index (χ0) is 21.8. The Hall–Kier alpha value is -4.25. The predicted molar refractivity (Wildman–Crippen MR) is 125 cm³/mol. The quantitative estimate of drug-likeness (QED) is 0.364. The van der Waals surface area contributed by atoms with Crippen LogP contribution in [0.2, 0.25) is 0 Å². The fourth-order valence-corrected chi connectivity index (χ4v) is 3.82. The van der Waals surface area contributed by atoms with Crippen molar-refractivity contribution in [1.29, 1.82) is 0 Å². The molecule has 32 heavy (non-hydrogen) atoms. The first-order chi connectivity index (χ1) is 15.8. The highest BCUT2D eigenvalue weighted by Gasteiger charge is 2.18. The number of hydrogen-bond donors (Lipinski definition) is 1. The van der Waals surface area contributed by atoms with Gasteiger partial charge in [-0.3, -0.25) is 9.78 Å². The molecule has 0 unspecified atom stereocenters. The van der Waals surface area contributed by atoms with Gasteiger partial charge in [0.1, 0.15) is 5.52 Å². The summed E-state index contributed by atoms with van der Waals surface area (Å²) in [4.78, 5) is 21.5. The molecule has 0 fully saturated rings. The van der Waals surface area contributed by atoms with Crippen molar-refractivity contribution >= 4 is 22.7 Å². The lowest BCUT2D eigenvalue weighted by Crippen LogP contribution is -2.16. The summed E-state index contributed by atoms with van der Waals surface area (Å²) in [5, 5.41) is 3.02. The molecule has 5 aromatic rings. The van der Waals surface area contributed by atoms with E-state index in [1.165, 1.54) is 0 Å². The number of aromatic nitrogens is 2. The van der Waals surface area contributed by atoms with Crippen molar-refractivity contribution in [3.8, 4) is 11.5 Å². The maximum absolute atomic E-state index is 13.0. The largest absolute Gasteiger partial charge is 0.436 e. The van der Waals surface area contributed by atoms with Crippen LogP contribution < -0.4 is 5.32 Å². The summed E-state index contributed by atoms with van der Waals surface area (Å²) in [5.74, 6) is 0.444. The average Bonchev–Trinajstić information content (AvgIpc) is 3.28. The van der Waals surface area contributed by atoms with Crippen LogP contribution in [0.1, 0.15) is 23.5 Å². The van der Waals surface area contributed by atoms with E-state index >= 15 is 0 Å². The molecule has 0 radical (unpaired) electrons. The van der Waals surface area contributed by atoms with Crippen molar-refractivity contribution in [2.45, 2.75) is 12.3 Å². The molecule has 0 saturated carbocycles. The molecule has 0 saturated heterocycles. The van der Waals surface area contributed by atoms with Crippen molar-refractivity contribution in [2.75, 3.05) is 5.32 Å². The van der Waals surface area contributed by atoms with Gasteiger partial charge in [0, 0.05) is 42.0 Å². The van der Waals surface area contributed by atoms with Crippen molar-refractivity contribution in [2.24, 2.45) is 0 Å². The lowest BCUT2D eigenvalue weighted by Gasteiger charge is -2.18. The second-order valence-corrected chi connectivity index (χ2v) is 7.56. The molecule has 0 bridgehead atoms. The minimum Gasteiger partial charge on any atom is -0.436 e. The Kier molecular flexibility index (Phi) is 5.45. The van der Waals surface area contributed by atoms with Gasteiger partial charge in [0.25, 0.3) is 0 Å². The van der Waals surface area contributed by atoms with Crippen LogP contribution in [-0.2, 0) is 4.79 Å². The highest BCUT2D eigenvalue weighted by molar-refractivity contribution is 5.93. The Labute approximate surface area is 185 Å². The van der Waals surface area contributed by atoms with E-state index in [0.29, 0.717) is 23.6 Å². The van der Waals surface area contributed by atoms with Gasteiger partial charge in [-0.1, -0.05) is 60.7 Å². The van der Waals surface area contributed by atoms with E-state index < -0.39 is 0 Å². The highest BCUT2D eigenvalue weighted by Crippen LogP contribution is 2.29. The van der Waals surface area contributed by atoms with E-state index in [-0.39, 0.29) is 11.8 Å². The Morgan fingerprint density at radius 1 is 0.844 bits per heavy atom. The minimum absolute atomic E-state index is 0.0234. The fraction of sp³-hybridized carbons (Fsp3) is 0.0741. The summed E-state index contributed by atoms with van der Waals surface area (Å²) in [7, 11) is 0. The molecule has 5 rings (SSSR count). The number of amides is 1. The molecular weight excluding hydrogens is 398 g/mol.